The lowest BCUT2D eigenvalue weighted by Crippen LogP contribution is -2.42. The first-order valence-electron chi connectivity index (χ1n) is 6.35. The lowest BCUT2D eigenvalue weighted by atomic mass is 10.1. The van der Waals surface area contributed by atoms with Gasteiger partial charge < -0.3 is 10.6 Å². The van der Waals surface area contributed by atoms with E-state index in [9.17, 15) is 4.79 Å². The third kappa shape index (κ3) is 2.33. The Balaban J connectivity index is 1.45. The van der Waals surface area contributed by atoms with E-state index in [2.05, 4.69) is 10.6 Å². The van der Waals surface area contributed by atoms with E-state index in [4.69, 9.17) is 0 Å². The molecule has 1 amide bonds. The summed E-state index contributed by atoms with van der Waals surface area (Å²) < 4.78 is 0. The number of nitrogens with one attached hydrogen (secondary N) is 2. The molecule has 2 saturated carbocycles. The van der Waals surface area contributed by atoms with Gasteiger partial charge in [-0.2, -0.15) is 0 Å². The summed E-state index contributed by atoms with van der Waals surface area (Å²) in [6.07, 6.45) is 7.44. The van der Waals surface area contributed by atoms with Gasteiger partial charge in [0, 0.05) is 25.0 Å². The Morgan fingerprint density at radius 3 is 2.33 bits per heavy atom. The third-order valence-corrected chi connectivity index (χ3v) is 3.94. The van der Waals surface area contributed by atoms with Crippen LogP contribution < -0.4 is 10.6 Å². The molecule has 2 aliphatic carbocycles. The van der Waals surface area contributed by atoms with Crippen molar-refractivity contribution < 1.29 is 4.79 Å². The predicted octanol–water partition coefficient (Wildman–Crippen LogP) is 1.04. The van der Waals surface area contributed by atoms with Gasteiger partial charge in [-0.05, 0) is 43.9 Å². The maximum atomic E-state index is 11.1. The molecule has 0 aromatic rings. The van der Waals surface area contributed by atoms with E-state index >= 15 is 0 Å². The van der Waals surface area contributed by atoms with Crippen molar-refractivity contribution in [2.24, 2.45) is 11.8 Å². The van der Waals surface area contributed by atoms with Gasteiger partial charge in [0.05, 0.1) is 0 Å². The average Bonchev–Trinajstić information content (AvgIpc) is 3.09. The van der Waals surface area contributed by atoms with Crippen molar-refractivity contribution in [2.45, 2.75) is 50.6 Å². The Morgan fingerprint density at radius 2 is 1.87 bits per heavy atom. The lowest BCUT2D eigenvalue weighted by molar-refractivity contribution is -0.119. The van der Waals surface area contributed by atoms with Gasteiger partial charge in [-0.3, -0.25) is 4.79 Å². The van der Waals surface area contributed by atoms with Crippen molar-refractivity contribution >= 4 is 5.91 Å². The van der Waals surface area contributed by atoms with E-state index in [-0.39, 0.29) is 5.91 Å². The van der Waals surface area contributed by atoms with E-state index in [0.29, 0.717) is 6.04 Å². The van der Waals surface area contributed by atoms with Gasteiger partial charge in [0.25, 0.3) is 0 Å². The molecule has 0 aromatic carbocycles. The predicted molar refractivity (Wildman–Crippen MR) is 58.4 cm³/mol. The zero-order valence-electron chi connectivity index (χ0n) is 9.17. The van der Waals surface area contributed by atoms with Crippen molar-refractivity contribution in [3.63, 3.8) is 0 Å². The molecular formula is C12H20N2O. The standard InChI is InChI=1S/C12H20N2O/c15-11-6-5-10(14-11)7-13-12(8-1-2-8)9-3-4-9/h8-10,12-13H,1-7H2,(H,14,15). The SMILES string of the molecule is O=C1CCC(CNC(C2CC2)C2CC2)N1. The van der Waals surface area contributed by atoms with Gasteiger partial charge in [0.15, 0.2) is 0 Å². The van der Waals surface area contributed by atoms with Crippen LogP contribution in [0.5, 0.6) is 0 Å². The summed E-state index contributed by atoms with van der Waals surface area (Å²) in [7, 11) is 0. The Kier molecular flexibility index (Phi) is 2.43. The number of rotatable bonds is 5. The Morgan fingerprint density at radius 1 is 1.20 bits per heavy atom. The average molecular weight is 208 g/mol. The second kappa shape index (κ2) is 3.78. The zero-order valence-corrected chi connectivity index (χ0v) is 9.17. The molecular weight excluding hydrogens is 188 g/mol. The number of hydrogen-bond acceptors (Lipinski definition) is 2. The molecule has 3 fully saturated rings. The van der Waals surface area contributed by atoms with Crippen LogP contribution in [0.1, 0.15) is 38.5 Å². The molecule has 3 nitrogen and oxygen atoms in total. The summed E-state index contributed by atoms with van der Waals surface area (Å²) in [5.74, 6) is 2.14. The maximum Gasteiger partial charge on any atom is 0.220 e. The summed E-state index contributed by atoms with van der Waals surface area (Å²) in [5.41, 5.74) is 0. The normalized spacial score (nSPS) is 31.0. The minimum absolute atomic E-state index is 0.233. The van der Waals surface area contributed by atoms with Crippen molar-refractivity contribution in [2.75, 3.05) is 6.54 Å². The highest BCUT2D eigenvalue weighted by atomic mass is 16.1. The molecule has 3 aliphatic rings. The zero-order chi connectivity index (χ0) is 10.3. The van der Waals surface area contributed by atoms with Crippen LogP contribution in [0.2, 0.25) is 0 Å². The Hall–Kier alpha value is -0.570. The van der Waals surface area contributed by atoms with Gasteiger partial charge in [0.1, 0.15) is 0 Å². The number of amides is 1. The summed E-state index contributed by atoms with van der Waals surface area (Å²) in [4.78, 5) is 11.1. The van der Waals surface area contributed by atoms with Crippen LogP contribution in [-0.4, -0.2) is 24.5 Å². The number of hydrogen-bond donors (Lipinski definition) is 2. The van der Waals surface area contributed by atoms with Crippen LogP contribution in [0.4, 0.5) is 0 Å². The van der Waals surface area contributed by atoms with Gasteiger partial charge in [0.2, 0.25) is 5.91 Å². The highest BCUT2D eigenvalue weighted by Gasteiger charge is 2.41. The lowest BCUT2D eigenvalue weighted by Gasteiger charge is -2.20. The van der Waals surface area contributed by atoms with E-state index in [1.54, 1.807) is 0 Å². The molecule has 15 heavy (non-hydrogen) atoms. The summed E-state index contributed by atoms with van der Waals surface area (Å²) >= 11 is 0. The largest absolute Gasteiger partial charge is 0.352 e. The summed E-state index contributed by atoms with van der Waals surface area (Å²) in [6, 6.07) is 1.17. The van der Waals surface area contributed by atoms with E-state index in [1.165, 1.54) is 25.7 Å². The van der Waals surface area contributed by atoms with Crippen molar-refractivity contribution in [1.29, 1.82) is 0 Å². The van der Waals surface area contributed by atoms with Crippen LogP contribution in [0.25, 0.3) is 0 Å². The quantitative estimate of drug-likeness (QED) is 0.709. The molecule has 1 heterocycles. The van der Waals surface area contributed by atoms with Crippen LogP contribution in [0.3, 0.4) is 0 Å². The highest BCUT2D eigenvalue weighted by molar-refractivity contribution is 5.78. The minimum atomic E-state index is 0.233. The van der Waals surface area contributed by atoms with Gasteiger partial charge in [-0.25, -0.2) is 0 Å². The highest BCUT2D eigenvalue weighted by Crippen LogP contribution is 2.44. The molecule has 2 N–H and O–H groups in total. The molecule has 1 unspecified atom stereocenters. The Bertz CT molecular complexity index is 246. The smallest absolute Gasteiger partial charge is 0.220 e. The van der Waals surface area contributed by atoms with E-state index in [0.717, 1.165) is 37.3 Å². The molecule has 1 aliphatic heterocycles. The minimum Gasteiger partial charge on any atom is -0.352 e. The second-order valence-electron chi connectivity index (χ2n) is 5.41. The van der Waals surface area contributed by atoms with Crippen LogP contribution in [-0.2, 0) is 4.79 Å². The van der Waals surface area contributed by atoms with E-state index < -0.39 is 0 Å². The molecule has 3 rings (SSSR count). The van der Waals surface area contributed by atoms with Crippen LogP contribution in [0, 0.1) is 11.8 Å². The van der Waals surface area contributed by atoms with Gasteiger partial charge in [-0.1, -0.05) is 0 Å². The fourth-order valence-electron chi connectivity index (χ4n) is 2.74. The molecule has 0 bridgehead atoms. The fraction of sp³-hybridized carbons (Fsp3) is 0.917. The first kappa shape index (κ1) is 9.64. The monoisotopic (exact) mass is 208 g/mol. The van der Waals surface area contributed by atoms with Crippen LogP contribution in [0.15, 0.2) is 0 Å². The first-order valence-corrected chi connectivity index (χ1v) is 6.35. The molecule has 0 aromatic heterocycles. The third-order valence-electron chi connectivity index (χ3n) is 3.94. The molecule has 1 atom stereocenters. The second-order valence-corrected chi connectivity index (χ2v) is 5.41. The molecule has 0 spiro atoms. The first-order chi connectivity index (χ1) is 7.33. The van der Waals surface area contributed by atoms with Crippen molar-refractivity contribution in [1.82, 2.24) is 10.6 Å². The number of carbonyl (C=O) groups is 1. The van der Waals surface area contributed by atoms with E-state index in [1.807, 2.05) is 0 Å². The Labute approximate surface area is 91.0 Å². The molecule has 0 radical (unpaired) electrons. The fourth-order valence-corrected chi connectivity index (χ4v) is 2.74. The van der Waals surface area contributed by atoms with Gasteiger partial charge >= 0.3 is 0 Å². The van der Waals surface area contributed by atoms with Gasteiger partial charge in [-0.15, -0.1) is 0 Å². The molecule has 84 valence electrons. The maximum absolute atomic E-state index is 11.1. The summed E-state index contributed by atoms with van der Waals surface area (Å²) in [5, 5.41) is 6.72. The topological polar surface area (TPSA) is 41.1 Å². The van der Waals surface area contributed by atoms with Crippen molar-refractivity contribution in [3.8, 4) is 0 Å². The van der Waals surface area contributed by atoms with Crippen molar-refractivity contribution in [3.05, 3.63) is 0 Å². The van der Waals surface area contributed by atoms with Crippen LogP contribution >= 0.6 is 0 Å². The molecule has 1 saturated heterocycles. The number of carbonyl (C=O) groups excluding carboxylic acids is 1. The summed E-state index contributed by atoms with van der Waals surface area (Å²) in [6.45, 7) is 0.989. The molecule has 3 heteroatoms.